The predicted octanol–water partition coefficient (Wildman–Crippen LogP) is 1.38. The van der Waals surface area contributed by atoms with Gasteiger partial charge in [-0.2, -0.15) is 0 Å². The molecule has 5 heteroatoms. The molecule has 1 unspecified atom stereocenters. The van der Waals surface area contributed by atoms with Crippen molar-refractivity contribution in [3.8, 4) is 0 Å². The molecule has 0 fully saturated rings. The zero-order chi connectivity index (χ0) is 9.07. The maximum atomic E-state index is 10.7. The van der Waals surface area contributed by atoms with Gasteiger partial charge in [-0.25, -0.2) is 0 Å². The average molecular weight is 179 g/mol. The predicted molar refractivity (Wildman–Crippen MR) is 44.9 cm³/mol. The molecule has 11 heavy (non-hydrogen) atoms. The first-order valence-corrected chi connectivity index (χ1v) is 5.12. The molecule has 0 heterocycles. The van der Waals surface area contributed by atoms with Crippen molar-refractivity contribution in [2.75, 3.05) is 0 Å². The first kappa shape index (κ1) is 10.8. The van der Waals surface area contributed by atoms with Gasteiger partial charge >= 0.3 is 7.60 Å². The van der Waals surface area contributed by atoms with Gasteiger partial charge in [-0.1, -0.05) is 6.92 Å². The van der Waals surface area contributed by atoms with E-state index in [0.717, 1.165) is 0 Å². The number of rotatable bonds is 3. The standard InChI is InChI=1S/C6H14NO3P/c1-4-6(7-5(2)3)11(8,9)10/h6H,4H2,1-3H3,(H2,8,9,10). The summed E-state index contributed by atoms with van der Waals surface area (Å²) in [5.74, 6) is -0.854. The van der Waals surface area contributed by atoms with Crippen molar-refractivity contribution in [1.82, 2.24) is 0 Å². The zero-order valence-electron chi connectivity index (χ0n) is 6.98. The largest absolute Gasteiger partial charge is 0.349 e. The van der Waals surface area contributed by atoms with E-state index in [1.807, 2.05) is 0 Å². The maximum absolute atomic E-state index is 10.7. The average Bonchev–Trinajstić information content (AvgIpc) is 1.79. The lowest BCUT2D eigenvalue weighted by Crippen LogP contribution is -2.05. The minimum atomic E-state index is -4.02. The quantitative estimate of drug-likeness (QED) is 0.508. The molecule has 4 nitrogen and oxygen atoms in total. The van der Waals surface area contributed by atoms with E-state index in [4.69, 9.17) is 9.79 Å². The van der Waals surface area contributed by atoms with Gasteiger partial charge in [-0.15, -0.1) is 0 Å². The molecule has 0 aromatic heterocycles. The number of hydrogen-bond acceptors (Lipinski definition) is 2. The third-order valence-corrected chi connectivity index (χ3v) is 2.42. The van der Waals surface area contributed by atoms with Crippen molar-refractivity contribution in [3.05, 3.63) is 0 Å². The molecule has 0 aromatic rings. The van der Waals surface area contributed by atoms with E-state index in [9.17, 15) is 4.57 Å². The highest BCUT2D eigenvalue weighted by Crippen LogP contribution is 2.43. The molecule has 0 radical (unpaired) electrons. The third-order valence-electron chi connectivity index (χ3n) is 1.16. The fraction of sp³-hybridized carbons (Fsp3) is 0.833. The molecule has 0 saturated heterocycles. The summed E-state index contributed by atoms with van der Waals surface area (Å²) in [6.45, 7) is 5.15. The summed E-state index contributed by atoms with van der Waals surface area (Å²) < 4.78 is 10.7. The molecule has 0 aliphatic rings. The Morgan fingerprint density at radius 2 is 2.00 bits per heavy atom. The van der Waals surface area contributed by atoms with Crippen LogP contribution < -0.4 is 0 Å². The number of nitrogens with zero attached hydrogens (tertiary/aromatic N) is 1. The van der Waals surface area contributed by atoms with Crippen molar-refractivity contribution in [2.45, 2.75) is 33.0 Å². The Balaban J connectivity index is 4.44. The lowest BCUT2D eigenvalue weighted by atomic mass is 10.4. The molecule has 1 atom stereocenters. The summed E-state index contributed by atoms with van der Waals surface area (Å²) >= 11 is 0. The summed E-state index contributed by atoms with van der Waals surface area (Å²) in [5, 5.41) is 0. The fourth-order valence-electron chi connectivity index (χ4n) is 0.702. The van der Waals surface area contributed by atoms with Gasteiger partial charge in [0.25, 0.3) is 0 Å². The highest BCUT2D eigenvalue weighted by molar-refractivity contribution is 7.52. The van der Waals surface area contributed by atoms with Gasteiger partial charge in [-0.05, 0) is 20.3 Å². The van der Waals surface area contributed by atoms with Crippen molar-refractivity contribution >= 4 is 13.3 Å². The third kappa shape index (κ3) is 4.30. The minimum absolute atomic E-state index is 0.370. The van der Waals surface area contributed by atoms with Crippen LogP contribution in [0.3, 0.4) is 0 Å². The molecular formula is C6H14NO3P. The summed E-state index contributed by atoms with van der Waals surface area (Å²) in [7, 11) is -4.02. The SMILES string of the molecule is CCC(N=C(C)C)P(=O)(O)O. The summed E-state index contributed by atoms with van der Waals surface area (Å²) in [6, 6.07) is 0. The first-order valence-electron chi connectivity index (χ1n) is 3.44. The summed E-state index contributed by atoms with van der Waals surface area (Å²) in [4.78, 5) is 21.3. The molecule has 0 aromatic carbocycles. The van der Waals surface area contributed by atoms with E-state index in [0.29, 0.717) is 12.1 Å². The van der Waals surface area contributed by atoms with Crippen LogP contribution in [0.15, 0.2) is 4.99 Å². The van der Waals surface area contributed by atoms with Gasteiger partial charge in [0.1, 0.15) is 0 Å². The lowest BCUT2D eigenvalue weighted by molar-refractivity contribution is 0.357. The second-order valence-electron chi connectivity index (χ2n) is 2.55. The summed E-state index contributed by atoms with van der Waals surface area (Å²) in [5.41, 5.74) is 0.695. The van der Waals surface area contributed by atoms with E-state index in [1.165, 1.54) is 0 Å². The highest BCUT2D eigenvalue weighted by atomic mass is 31.2. The van der Waals surface area contributed by atoms with Gasteiger partial charge < -0.3 is 9.79 Å². The normalized spacial score (nSPS) is 14.3. The van der Waals surface area contributed by atoms with Crippen LogP contribution in [0.4, 0.5) is 0 Å². The molecule has 0 bridgehead atoms. The van der Waals surface area contributed by atoms with Gasteiger partial charge in [0.2, 0.25) is 0 Å². The Morgan fingerprint density at radius 1 is 1.55 bits per heavy atom. The van der Waals surface area contributed by atoms with Crippen molar-refractivity contribution in [1.29, 1.82) is 0 Å². The zero-order valence-corrected chi connectivity index (χ0v) is 7.88. The topological polar surface area (TPSA) is 69.9 Å². The Hall–Kier alpha value is -0.180. The molecule has 2 N–H and O–H groups in total. The van der Waals surface area contributed by atoms with E-state index in [1.54, 1.807) is 20.8 Å². The van der Waals surface area contributed by atoms with Crippen LogP contribution in [0.25, 0.3) is 0 Å². The second-order valence-corrected chi connectivity index (χ2v) is 4.33. The van der Waals surface area contributed by atoms with Crippen LogP contribution >= 0.6 is 7.60 Å². The van der Waals surface area contributed by atoms with E-state index in [-0.39, 0.29) is 0 Å². The van der Waals surface area contributed by atoms with Gasteiger partial charge in [0.05, 0.1) is 0 Å². The van der Waals surface area contributed by atoms with Gasteiger partial charge in [0, 0.05) is 5.71 Å². The maximum Gasteiger partial charge on any atom is 0.349 e. The monoisotopic (exact) mass is 179 g/mol. The van der Waals surface area contributed by atoms with E-state index < -0.39 is 13.4 Å². The second kappa shape index (κ2) is 4.00. The van der Waals surface area contributed by atoms with Crippen molar-refractivity contribution < 1.29 is 14.4 Å². The van der Waals surface area contributed by atoms with Crippen LogP contribution in [-0.4, -0.2) is 21.3 Å². The molecular weight excluding hydrogens is 165 g/mol. The minimum Gasteiger partial charge on any atom is -0.323 e. The van der Waals surface area contributed by atoms with E-state index in [2.05, 4.69) is 4.99 Å². The van der Waals surface area contributed by atoms with Crippen LogP contribution in [0.1, 0.15) is 27.2 Å². The highest BCUT2D eigenvalue weighted by Gasteiger charge is 2.25. The molecule has 0 rings (SSSR count). The van der Waals surface area contributed by atoms with Gasteiger partial charge in [0.15, 0.2) is 5.78 Å². The van der Waals surface area contributed by atoms with Crippen molar-refractivity contribution in [3.63, 3.8) is 0 Å². The number of aliphatic imine (C=N–C) groups is 1. The van der Waals surface area contributed by atoms with Crippen LogP contribution in [-0.2, 0) is 4.57 Å². The Morgan fingerprint density at radius 3 is 2.09 bits per heavy atom. The van der Waals surface area contributed by atoms with E-state index >= 15 is 0 Å². The smallest absolute Gasteiger partial charge is 0.323 e. The van der Waals surface area contributed by atoms with Crippen LogP contribution in [0.2, 0.25) is 0 Å². The first-order chi connectivity index (χ1) is 4.88. The Labute approximate surface area is 66.5 Å². The molecule has 0 amide bonds. The summed E-state index contributed by atoms with van der Waals surface area (Å²) in [6.07, 6.45) is 0.370. The van der Waals surface area contributed by atoms with Crippen LogP contribution in [0, 0.1) is 0 Å². The van der Waals surface area contributed by atoms with Crippen LogP contribution in [0.5, 0.6) is 0 Å². The molecule has 66 valence electrons. The molecule has 0 aliphatic carbocycles. The van der Waals surface area contributed by atoms with Gasteiger partial charge in [-0.3, -0.25) is 9.56 Å². The number of hydrogen-bond donors (Lipinski definition) is 2. The lowest BCUT2D eigenvalue weighted by Gasteiger charge is -2.11. The molecule has 0 aliphatic heterocycles. The Bertz CT molecular complexity index is 192. The molecule has 0 saturated carbocycles. The fourth-order valence-corrected chi connectivity index (χ4v) is 1.56. The van der Waals surface area contributed by atoms with Crippen molar-refractivity contribution in [2.24, 2.45) is 4.99 Å². The molecule has 0 spiro atoms. The Kier molecular flexibility index (Phi) is 3.93.